The molecule has 1 aromatic heterocycles. The second kappa shape index (κ2) is 6.84. The highest BCUT2D eigenvalue weighted by Gasteiger charge is 2.26. The summed E-state index contributed by atoms with van der Waals surface area (Å²) in [6.07, 6.45) is 1.76. The fraction of sp³-hybridized carbons (Fsp3) is 0.647. The fourth-order valence-corrected chi connectivity index (χ4v) is 3.44. The molecule has 0 aromatic carbocycles. The molecule has 126 valence electrons. The molecule has 0 aliphatic carbocycles. The smallest absolute Gasteiger partial charge is 0.254 e. The molecule has 2 aliphatic heterocycles. The maximum Gasteiger partial charge on any atom is 0.254 e. The van der Waals surface area contributed by atoms with Crippen LogP contribution in [0.15, 0.2) is 18.3 Å². The molecule has 6 heteroatoms. The van der Waals surface area contributed by atoms with Gasteiger partial charge in [-0.25, -0.2) is 4.98 Å². The highest BCUT2D eigenvalue weighted by atomic mass is 16.2. The summed E-state index contributed by atoms with van der Waals surface area (Å²) in [5.74, 6) is 1.03. The Bertz CT molecular complexity index is 546. The molecule has 0 bridgehead atoms. The standard InChI is InChI=1S/C17H27N5O/c1-13-11-22(12-14(2)19-13)17(23)15-4-5-18-16(10-15)21-8-6-20(3)7-9-21/h4-5,10,13-14,19H,6-9,11-12H2,1-3H3/t13-,14+. The number of likely N-dealkylation sites (N-methyl/N-ethyl adjacent to an activating group) is 1. The van der Waals surface area contributed by atoms with Crippen LogP contribution < -0.4 is 10.2 Å². The van der Waals surface area contributed by atoms with Gasteiger partial charge in [-0.15, -0.1) is 0 Å². The van der Waals surface area contributed by atoms with E-state index < -0.39 is 0 Å². The van der Waals surface area contributed by atoms with E-state index in [0.717, 1.165) is 50.6 Å². The zero-order chi connectivity index (χ0) is 16.4. The maximum absolute atomic E-state index is 12.8. The van der Waals surface area contributed by atoms with Crippen molar-refractivity contribution in [1.82, 2.24) is 20.1 Å². The zero-order valence-electron chi connectivity index (χ0n) is 14.3. The van der Waals surface area contributed by atoms with Gasteiger partial charge in [-0.3, -0.25) is 4.79 Å². The number of carbonyl (C=O) groups is 1. The number of nitrogens with one attached hydrogen (secondary N) is 1. The summed E-state index contributed by atoms with van der Waals surface area (Å²) in [5, 5.41) is 3.46. The van der Waals surface area contributed by atoms with E-state index in [1.165, 1.54) is 0 Å². The molecule has 0 saturated carbocycles. The van der Waals surface area contributed by atoms with Crippen molar-refractivity contribution in [3.63, 3.8) is 0 Å². The number of rotatable bonds is 2. The third-order valence-electron chi connectivity index (χ3n) is 4.66. The van der Waals surface area contributed by atoms with Crippen LogP contribution in [0.5, 0.6) is 0 Å². The van der Waals surface area contributed by atoms with Gasteiger partial charge < -0.3 is 20.0 Å². The third-order valence-corrected chi connectivity index (χ3v) is 4.66. The maximum atomic E-state index is 12.8. The summed E-state index contributed by atoms with van der Waals surface area (Å²) in [4.78, 5) is 23.8. The molecule has 1 N–H and O–H groups in total. The first-order valence-corrected chi connectivity index (χ1v) is 8.48. The Hall–Kier alpha value is -1.66. The monoisotopic (exact) mass is 317 g/mol. The van der Waals surface area contributed by atoms with E-state index in [4.69, 9.17) is 0 Å². The van der Waals surface area contributed by atoms with Gasteiger partial charge >= 0.3 is 0 Å². The van der Waals surface area contributed by atoms with Crippen LogP contribution in [0, 0.1) is 0 Å². The predicted octanol–water partition coefficient (Wildman–Crippen LogP) is 0.656. The summed E-state index contributed by atoms with van der Waals surface area (Å²) >= 11 is 0. The van der Waals surface area contributed by atoms with Crippen LogP contribution in [0.1, 0.15) is 24.2 Å². The summed E-state index contributed by atoms with van der Waals surface area (Å²) in [5.41, 5.74) is 0.746. The summed E-state index contributed by atoms with van der Waals surface area (Å²) in [6, 6.07) is 4.45. The van der Waals surface area contributed by atoms with Crippen molar-refractivity contribution in [2.45, 2.75) is 25.9 Å². The number of nitrogens with zero attached hydrogens (tertiary/aromatic N) is 4. The van der Waals surface area contributed by atoms with Crippen LogP contribution in [0.3, 0.4) is 0 Å². The molecule has 2 aliphatic rings. The lowest BCUT2D eigenvalue weighted by Crippen LogP contribution is -2.55. The third kappa shape index (κ3) is 3.82. The molecular weight excluding hydrogens is 290 g/mol. The van der Waals surface area contributed by atoms with Crippen molar-refractivity contribution < 1.29 is 4.79 Å². The van der Waals surface area contributed by atoms with Crippen molar-refractivity contribution in [1.29, 1.82) is 0 Å². The molecule has 3 rings (SSSR count). The number of pyridine rings is 1. The molecule has 2 atom stereocenters. The van der Waals surface area contributed by atoms with Crippen molar-refractivity contribution in [3.8, 4) is 0 Å². The first kappa shape index (κ1) is 16.2. The molecule has 2 saturated heterocycles. The minimum Gasteiger partial charge on any atom is -0.354 e. The topological polar surface area (TPSA) is 51.7 Å². The van der Waals surface area contributed by atoms with Gasteiger partial charge in [0, 0.05) is 63.1 Å². The molecule has 1 aromatic rings. The number of amides is 1. The van der Waals surface area contributed by atoms with Gasteiger partial charge in [-0.2, -0.15) is 0 Å². The number of piperazine rings is 2. The van der Waals surface area contributed by atoms with Crippen molar-refractivity contribution in [2.24, 2.45) is 0 Å². The van der Waals surface area contributed by atoms with Crippen LogP contribution in [0.4, 0.5) is 5.82 Å². The summed E-state index contributed by atoms with van der Waals surface area (Å²) < 4.78 is 0. The zero-order valence-corrected chi connectivity index (χ0v) is 14.3. The Labute approximate surface area is 138 Å². The summed E-state index contributed by atoms with van der Waals surface area (Å²) in [6.45, 7) is 9.76. The van der Waals surface area contributed by atoms with E-state index in [2.05, 4.69) is 41.0 Å². The quantitative estimate of drug-likeness (QED) is 0.868. The first-order valence-electron chi connectivity index (χ1n) is 8.48. The summed E-state index contributed by atoms with van der Waals surface area (Å²) in [7, 11) is 2.14. The molecule has 2 fully saturated rings. The van der Waals surface area contributed by atoms with Crippen LogP contribution >= 0.6 is 0 Å². The number of anilines is 1. The van der Waals surface area contributed by atoms with Gasteiger partial charge in [-0.1, -0.05) is 0 Å². The molecule has 3 heterocycles. The predicted molar refractivity (Wildman–Crippen MR) is 91.9 cm³/mol. The van der Waals surface area contributed by atoms with Crippen molar-refractivity contribution >= 4 is 11.7 Å². The van der Waals surface area contributed by atoms with E-state index in [9.17, 15) is 4.79 Å². The van der Waals surface area contributed by atoms with Crippen LogP contribution in [0.25, 0.3) is 0 Å². The second-order valence-corrected chi connectivity index (χ2v) is 6.87. The van der Waals surface area contributed by atoms with Crippen molar-refractivity contribution in [2.75, 3.05) is 51.2 Å². The minimum absolute atomic E-state index is 0.114. The Balaban J connectivity index is 1.72. The van der Waals surface area contributed by atoms with Gasteiger partial charge in [0.25, 0.3) is 5.91 Å². The highest BCUT2D eigenvalue weighted by Crippen LogP contribution is 2.17. The van der Waals surface area contributed by atoms with Crippen molar-refractivity contribution in [3.05, 3.63) is 23.9 Å². The lowest BCUT2D eigenvalue weighted by atomic mass is 10.1. The normalized spacial score (nSPS) is 26.4. The van der Waals surface area contributed by atoms with E-state index >= 15 is 0 Å². The van der Waals surface area contributed by atoms with Crippen LogP contribution in [0.2, 0.25) is 0 Å². The van der Waals surface area contributed by atoms with E-state index in [1.807, 2.05) is 17.0 Å². The Morgan fingerprint density at radius 3 is 2.48 bits per heavy atom. The molecule has 0 spiro atoms. The lowest BCUT2D eigenvalue weighted by molar-refractivity contribution is 0.0673. The number of hydrogen-bond donors (Lipinski definition) is 1. The van der Waals surface area contributed by atoms with Gasteiger partial charge in [0.05, 0.1) is 0 Å². The fourth-order valence-electron chi connectivity index (χ4n) is 3.44. The molecule has 0 unspecified atom stereocenters. The van der Waals surface area contributed by atoms with Gasteiger partial charge in [0.15, 0.2) is 0 Å². The second-order valence-electron chi connectivity index (χ2n) is 6.87. The van der Waals surface area contributed by atoms with Gasteiger partial charge in [0.2, 0.25) is 0 Å². The Morgan fingerprint density at radius 1 is 1.17 bits per heavy atom. The number of hydrogen-bond acceptors (Lipinski definition) is 5. The molecular formula is C17H27N5O. The molecule has 1 amide bonds. The number of aromatic nitrogens is 1. The average molecular weight is 317 g/mol. The van der Waals surface area contributed by atoms with E-state index in [1.54, 1.807) is 6.20 Å². The molecule has 0 radical (unpaired) electrons. The van der Waals surface area contributed by atoms with Crippen LogP contribution in [-0.2, 0) is 0 Å². The van der Waals surface area contributed by atoms with Gasteiger partial charge in [-0.05, 0) is 33.0 Å². The first-order chi connectivity index (χ1) is 11.0. The van der Waals surface area contributed by atoms with Gasteiger partial charge in [0.1, 0.15) is 5.82 Å². The number of carbonyl (C=O) groups excluding carboxylic acids is 1. The highest BCUT2D eigenvalue weighted by molar-refractivity contribution is 5.95. The lowest BCUT2D eigenvalue weighted by Gasteiger charge is -2.36. The Kier molecular flexibility index (Phi) is 4.82. The molecule has 6 nitrogen and oxygen atoms in total. The minimum atomic E-state index is 0.114. The SMILES string of the molecule is C[C@@H]1CN(C(=O)c2ccnc(N3CCN(C)CC3)c2)C[C@H](C)N1. The molecule has 23 heavy (non-hydrogen) atoms. The Morgan fingerprint density at radius 2 is 1.83 bits per heavy atom. The van der Waals surface area contributed by atoms with E-state index in [-0.39, 0.29) is 5.91 Å². The van der Waals surface area contributed by atoms with E-state index in [0.29, 0.717) is 12.1 Å². The average Bonchev–Trinajstić information content (AvgIpc) is 2.54. The largest absolute Gasteiger partial charge is 0.354 e. The van der Waals surface area contributed by atoms with Crippen LogP contribution in [-0.4, -0.2) is 79.1 Å².